The van der Waals surface area contributed by atoms with Gasteiger partial charge in [0.25, 0.3) is 0 Å². The van der Waals surface area contributed by atoms with Gasteiger partial charge in [0.15, 0.2) is 0 Å². The van der Waals surface area contributed by atoms with E-state index in [0.29, 0.717) is 27.4 Å². The molecule has 0 aliphatic rings. The van der Waals surface area contributed by atoms with Gasteiger partial charge in [0, 0.05) is 10.9 Å². The molecular weight excluding hydrogens is 401 g/mol. The van der Waals surface area contributed by atoms with Gasteiger partial charge in [-0.05, 0) is 36.8 Å². The number of hydrogen-bond acceptors (Lipinski definition) is 5. The zero-order chi connectivity index (χ0) is 19.0. The molecule has 0 fully saturated rings. The molecule has 7 heteroatoms. The van der Waals surface area contributed by atoms with Crippen molar-refractivity contribution < 1.29 is 4.74 Å². The highest BCUT2D eigenvalue weighted by Crippen LogP contribution is 2.40. The number of hydrogen-bond donors (Lipinski definition) is 1. The number of nitrogens with zero attached hydrogens (tertiary/aromatic N) is 2. The Hall–Kier alpha value is -2.34. The lowest BCUT2D eigenvalue weighted by Gasteiger charge is -2.12. The molecule has 27 heavy (non-hydrogen) atoms. The summed E-state index contributed by atoms with van der Waals surface area (Å²) in [6, 6.07) is 13.4. The zero-order valence-electron chi connectivity index (χ0n) is 14.6. The standard InChI is InChI=1S/C20H15Cl2N3OS/c1-11-23-19(25-16-5-3-4-15(21)18(16)22)17-14(10-27-20(17)24-11)12-6-8-13(26-2)9-7-12/h3-10H,1-2H3,(H,23,24,25). The summed E-state index contributed by atoms with van der Waals surface area (Å²) in [6.45, 7) is 1.87. The fourth-order valence-corrected chi connectivity index (χ4v) is 4.19. The van der Waals surface area contributed by atoms with Crippen LogP contribution in [0.3, 0.4) is 0 Å². The number of nitrogens with one attached hydrogen (secondary N) is 1. The van der Waals surface area contributed by atoms with E-state index in [0.717, 1.165) is 27.1 Å². The van der Waals surface area contributed by atoms with Gasteiger partial charge in [-0.15, -0.1) is 11.3 Å². The topological polar surface area (TPSA) is 47.0 Å². The highest BCUT2D eigenvalue weighted by atomic mass is 35.5. The summed E-state index contributed by atoms with van der Waals surface area (Å²) in [5.41, 5.74) is 2.82. The molecule has 2 aromatic carbocycles. The fraction of sp³-hybridized carbons (Fsp3) is 0.100. The maximum Gasteiger partial charge on any atom is 0.143 e. The molecule has 2 heterocycles. The van der Waals surface area contributed by atoms with Crippen LogP contribution in [0.4, 0.5) is 11.5 Å². The normalized spacial score (nSPS) is 11.0. The van der Waals surface area contributed by atoms with Gasteiger partial charge in [-0.3, -0.25) is 0 Å². The van der Waals surface area contributed by atoms with Gasteiger partial charge in [-0.2, -0.15) is 0 Å². The summed E-state index contributed by atoms with van der Waals surface area (Å²) in [5.74, 6) is 2.20. The highest BCUT2D eigenvalue weighted by molar-refractivity contribution is 7.17. The molecule has 0 spiro atoms. The van der Waals surface area contributed by atoms with Gasteiger partial charge < -0.3 is 10.1 Å². The lowest BCUT2D eigenvalue weighted by atomic mass is 10.1. The van der Waals surface area contributed by atoms with E-state index in [2.05, 4.69) is 20.7 Å². The van der Waals surface area contributed by atoms with E-state index in [4.69, 9.17) is 27.9 Å². The summed E-state index contributed by atoms with van der Waals surface area (Å²) in [5, 5.41) is 7.32. The van der Waals surface area contributed by atoms with Gasteiger partial charge in [-0.25, -0.2) is 9.97 Å². The van der Waals surface area contributed by atoms with Crippen molar-refractivity contribution in [3.05, 3.63) is 63.7 Å². The zero-order valence-corrected chi connectivity index (χ0v) is 16.9. The van der Waals surface area contributed by atoms with Crippen molar-refractivity contribution in [2.45, 2.75) is 6.92 Å². The molecule has 0 atom stereocenters. The van der Waals surface area contributed by atoms with Crippen molar-refractivity contribution >= 4 is 56.3 Å². The first-order valence-corrected chi connectivity index (χ1v) is 9.81. The predicted molar refractivity (Wildman–Crippen MR) is 114 cm³/mol. The number of aromatic nitrogens is 2. The third-order valence-corrected chi connectivity index (χ3v) is 5.84. The first-order chi connectivity index (χ1) is 13.1. The van der Waals surface area contributed by atoms with Crippen molar-refractivity contribution in [3.63, 3.8) is 0 Å². The lowest BCUT2D eigenvalue weighted by molar-refractivity contribution is 0.415. The third-order valence-electron chi connectivity index (χ3n) is 4.15. The SMILES string of the molecule is COc1ccc(-c2csc3nc(C)nc(Nc4cccc(Cl)c4Cl)c23)cc1. The quantitative estimate of drug-likeness (QED) is 0.401. The van der Waals surface area contributed by atoms with Crippen LogP contribution in [0.15, 0.2) is 47.8 Å². The second kappa shape index (κ2) is 7.35. The first kappa shape index (κ1) is 18.0. The third kappa shape index (κ3) is 3.46. The van der Waals surface area contributed by atoms with Crippen LogP contribution in [-0.4, -0.2) is 17.1 Å². The van der Waals surface area contributed by atoms with E-state index >= 15 is 0 Å². The number of benzene rings is 2. The van der Waals surface area contributed by atoms with Crippen LogP contribution in [0.25, 0.3) is 21.3 Å². The molecule has 0 radical (unpaired) electrons. The molecule has 4 nitrogen and oxygen atoms in total. The van der Waals surface area contributed by atoms with Gasteiger partial charge in [0.2, 0.25) is 0 Å². The number of fused-ring (bicyclic) bond motifs is 1. The van der Waals surface area contributed by atoms with Crippen molar-refractivity contribution in [1.82, 2.24) is 9.97 Å². The number of methoxy groups -OCH3 is 1. The van der Waals surface area contributed by atoms with Crippen LogP contribution >= 0.6 is 34.5 Å². The van der Waals surface area contributed by atoms with Crippen molar-refractivity contribution in [1.29, 1.82) is 0 Å². The van der Waals surface area contributed by atoms with E-state index in [-0.39, 0.29) is 0 Å². The Bertz CT molecular complexity index is 1130. The molecule has 0 bridgehead atoms. The molecule has 4 aromatic rings. The van der Waals surface area contributed by atoms with Crippen LogP contribution in [0.2, 0.25) is 10.0 Å². The Morgan fingerprint density at radius 1 is 1.04 bits per heavy atom. The van der Waals surface area contributed by atoms with E-state index in [9.17, 15) is 0 Å². The molecule has 1 N–H and O–H groups in total. The smallest absolute Gasteiger partial charge is 0.143 e. The summed E-state index contributed by atoms with van der Waals surface area (Å²) in [4.78, 5) is 10.1. The minimum Gasteiger partial charge on any atom is -0.497 e. The van der Waals surface area contributed by atoms with E-state index in [1.807, 2.05) is 43.3 Å². The van der Waals surface area contributed by atoms with Crippen LogP contribution in [-0.2, 0) is 0 Å². The number of rotatable bonds is 4. The molecule has 4 rings (SSSR count). The van der Waals surface area contributed by atoms with Gasteiger partial charge in [0.1, 0.15) is 22.2 Å². The Kier molecular flexibility index (Phi) is 4.91. The van der Waals surface area contributed by atoms with Crippen molar-refractivity contribution in [2.24, 2.45) is 0 Å². The van der Waals surface area contributed by atoms with Gasteiger partial charge in [0.05, 0.1) is 28.2 Å². The molecule has 2 aromatic heterocycles. The Morgan fingerprint density at radius 3 is 2.56 bits per heavy atom. The van der Waals surface area contributed by atoms with Crippen molar-refractivity contribution in [3.8, 4) is 16.9 Å². The molecular formula is C20H15Cl2N3OS. The maximum atomic E-state index is 6.35. The van der Waals surface area contributed by atoms with E-state index < -0.39 is 0 Å². The summed E-state index contributed by atoms with van der Waals surface area (Å²) >= 11 is 14.1. The highest BCUT2D eigenvalue weighted by Gasteiger charge is 2.16. The summed E-state index contributed by atoms with van der Waals surface area (Å²) in [7, 11) is 1.66. The van der Waals surface area contributed by atoms with Gasteiger partial charge in [-0.1, -0.05) is 41.4 Å². The number of thiophene rings is 1. The second-order valence-corrected chi connectivity index (χ2v) is 7.55. The largest absolute Gasteiger partial charge is 0.497 e. The number of anilines is 2. The second-order valence-electron chi connectivity index (χ2n) is 5.90. The summed E-state index contributed by atoms with van der Waals surface area (Å²) in [6.07, 6.45) is 0. The molecule has 0 aliphatic carbocycles. The van der Waals surface area contributed by atoms with Gasteiger partial charge >= 0.3 is 0 Å². The minimum atomic E-state index is 0.463. The van der Waals surface area contributed by atoms with Crippen LogP contribution in [0.1, 0.15) is 5.82 Å². The van der Waals surface area contributed by atoms with Crippen LogP contribution in [0, 0.1) is 6.92 Å². The number of halogens is 2. The Balaban J connectivity index is 1.86. The van der Waals surface area contributed by atoms with Crippen LogP contribution in [0.5, 0.6) is 5.75 Å². The van der Waals surface area contributed by atoms with E-state index in [1.54, 1.807) is 24.5 Å². The monoisotopic (exact) mass is 415 g/mol. The first-order valence-electron chi connectivity index (χ1n) is 8.18. The van der Waals surface area contributed by atoms with E-state index in [1.165, 1.54) is 0 Å². The van der Waals surface area contributed by atoms with Crippen LogP contribution < -0.4 is 10.1 Å². The minimum absolute atomic E-state index is 0.463. The predicted octanol–water partition coefficient (Wildman–Crippen LogP) is 6.73. The molecule has 0 aliphatic heterocycles. The number of aryl methyl sites for hydroxylation is 1. The van der Waals surface area contributed by atoms with Crippen molar-refractivity contribution in [2.75, 3.05) is 12.4 Å². The number of ether oxygens (including phenoxy) is 1. The molecule has 0 saturated heterocycles. The average Bonchev–Trinajstić information content (AvgIpc) is 3.09. The molecule has 0 unspecified atom stereocenters. The molecule has 136 valence electrons. The fourth-order valence-electron chi connectivity index (χ4n) is 2.85. The molecule has 0 amide bonds. The molecule has 0 saturated carbocycles. The lowest BCUT2D eigenvalue weighted by Crippen LogP contribution is -1.99. The summed E-state index contributed by atoms with van der Waals surface area (Å²) < 4.78 is 5.26. The Labute approximate surface area is 170 Å². The Morgan fingerprint density at radius 2 is 1.81 bits per heavy atom. The average molecular weight is 416 g/mol. The maximum absolute atomic E-state index is 6.35.